The first-order valence-corrected chi connectivity index (χ1v) is 8.43. The van der Waals surface area contributed by atoms with Crippen molar-refractivity contribution < 1.29 is 10.2 Å². The van der Waals surface area contributed by atoms with Crippen LogP contribution in [0.25, 0.3) is 21.8 Å². The summed E-state index contributed by atoms with van der Waals surface area (Å²) in [6.45, 7) is 3.69. The van der Waals surface area contributed by atoms with E-state index in [2.05, 4.69) is 22.1 Å². The van der Waals surface area contributed by atoms with Crippen molar-refractivity contribution in [1.29, 1.82) is 10.5 Å². The van der Waals surface area contributed by atoms with E-state index >= 15 is 0 Å². The van der Waals surface area contributed by atoms with Crippen LogP contribution >= 0.6 is 0 Å². The normalized spacial score (nSPS) is 9.66. The number of benzene rings is 2. The molecule has 0 unspecified atom stereocenters. The molecule has 4 aromatic rings. The summed E-state index contributed by atoms with van der Waals surface area (Å²) in [6.07, 6.45) is 0. The minimum Gasteiger partial charge on any atom is -0.506 e. The SMILES string of the molecule is Cc1ccc2c(C#N)ccc(O)c2n1.Cc1ccc2c(C#N)ccc(O)c2n1.[AlH3]. The van der Waals surface area contributed by atoms with Crippen molar-refractivity contribution in [3.63, 3.8) is 0 Å². The molecule has 0 saturated carbocycles. The second-order valence-corrected chi connectivity index (χ2v) is 6.19. The fourth-order valence-corrected chi connectivity index (χ4v) is 2.80. The first-order chi connectivity index (χ1) is 13.4. The van der Waals surface area contributed by atoms with Gasteiger partial charge in [0.1, 0.15) is 22.5 Å². The highest BCUT2D eigenvalue weighted by atomic mass is 27.0. The maximum Gasteiger partial charge on any atom is 0.187 e. The van der Waals surface area contributed by atoms with Crippen LogP contribution in [0.3, 0.4) is 0 Å². The van der Waals surface area contributed by atoms with Crippen LogP contribution in [-0.4, -0.2) is 37.5 Å². The van der Waals surface area contributed by atoms with Gasteiger partial charge in [-0.3, -0.25) is 0 Å². The zero-order valence-electron chi connectivity index (χ0n) is 15.3. The monoisotopic (exact) mass is 398 g/mol. The van der Waals surface area contributed by atoms with Crippen LogP contribution in [-0.2, 0) is 0 Å². The van der Waals surface area contributed by atoms with Crippen LogP contribution in [0.2, 0.25) is 0 Å². The van der Waals surface area contributed by atoms with E-state index in [0.29, 0.717) is 32.9 Å². The quantitative estimate of drug-likeness (QED) is 0.440. The molecule has 0 amide bonds. The highest BCUT2D eigenvalue weighted by Gasteiger charge is 2.06. The number of hydrogen-bond donors (Lipinski definition) is 2. The van der Waals surface area contributed by atoms with Crippen molar-refractivity contribution in [3.8, 4) is 23.6 Å². The summed E-state index contributed by atoms with van der Waals surface area (Å²) in [4.78, 5) is 8.37. The van der Waals surface area contributed by atoms with Gasteiger partial charge in [-0.15, -0.1) is 0 Å². The molecular formula is C22H19AlN4O2. The Morgan fingerprint density at radius 2 is 1.03 bits per heavy atom. The molecule has 0 bridgehead atoms. The number of aryl methyl sites for hydroxylation is 2. The van der Waals surface area contributed by atoms with Gasteiger partial charge in [-0.05, 0) is 62.4 Å². The lowest BCUT2D eigenvalue weighted by molar-refractivity contribution is 0.479. The van der Waals surface area contributed by atoms with Gasteiger partial charge in [0.2, 0.25) is 0 Å². The molecule has 2 aromatic carbocycles. The third-order valence-corrected chi connectivity index (χ3v) is 4.19. The molecule has 0 radical (unpaired) electrons. The van der Waals surface area contributed by atoms with Gasteiger partial charge in [0.15, 0.2) is 17.4 Å². The summed E-state index contributed by atoms with van der Waals surface area (Å²) in [5.74, 6) is 0.227. The summed E-state index contributed by atoms with van der Waals surface area (Å²) >= 11 is 0. The summed E-state index contributed by atoms with van der Waals surface area (Å²) in [5.41, 5.74) is 3.69. The predicted octanol–water partition coefficient (Wildman–Crippen LogP) is 3.06. The van der Waals surface area contributed by atoms with Crippen LogP contribution in [0, 0.1) is 36.5 Å². The van der Waals surface area contributed by atoms with Crippen LogP contribution in [0.4, 0.5) is 0 Å². The lowest BCUT2D eigenvalue weighted by atomic mass is 10.1. The van der Waals surface area contributed by atoms with E-state index in [-0.39, 0.29) is 28.9 Å². The molecular weight excluding hydrogens is 379 g/mol. The van der Waals surface area contributed by atoms with Gasteiger partial charge in [0.25, 0.3) is 0 Å². The Balaban J connectivity index is 0.000000200. The number of phenols is 2. The molecule has 0 spiro atoms. The highest BCUT2D eigenvalue weighted by molar-refractivity contribution is 5.90. The maximum absolute atomic E-state index is 9.54. The van der Waals surface area contributed by atoms with Gasteiger partial charge >= 0.3 is 0 Å². The Morgan fingerprint density at radius 1 is 0.655 bits per heavy atom. The number of aromatic nitrogens is 2. The number of aromatic hydroxyl groups is 2. The van der Waals surface area contributed by atoms with E-state index in [0.717, 1.165) is 11.4 Å². The van der Waals surface area contributed by atoms with Gasteiger partial charge in [0, 0.05) is 22.2 Å². The first-order valence-electron chi connectivity index (χ1n) is 8.43. The van der Waals surface area contributed by atoms with Crippen molar-refractivity contribution in [2.45, 2.75) is 13.8 Å². The van der Waals surface area contributed by atoms with Crippen LogP contribution < -0.4 is 0 Å². The molecule has 0 aliphatic heterocycles. The number of hydrogen-bond acceptors (Lipinski definition) is 6. The molecule has 2 N–H and O–H groups in total. The van der Waals surface area contributed by atoms with Crippen molar-refractivity contribution in [1.82, 2.24) is 9.97 Å². The molecule has 0 fully saturated rings. The van der Waals surface area contributed by atoms with Gasteiger partial charge in [-0.1, -0.05) is 0 Å². The minimum atomic E-state index is 0. The summed E-state index contributed by atoms with van der Waals surface area (Å²) in [6, 6.07) is 17.5. The van der Waals surface area contributed by atoms with Crippen LogP contribution in [0.1, 0.15) is 22.5 Å². The van der Waals surface area contributed by atoms with Crippen molar-refractivity contribution in [2.24, 2.45) is 0 Å². The molecule has 2 aromatic heterocycles. The van der Waals surface area contributed by atoms with Gasteiger partial charge < -0.3 is 10.2 Å². The van der Waals surface area contributed by atoms with Gasteiger partial charge in [-0.25, -0.2) is 9.97 Å². The van der Waals surface area contributed by atoms with Crippen molar-refractivity contribution >= 4 is 39.2 Å². The molecule has 4 rings (SSSR count). The number of rotatable bonds is 0. The Hall–Kier alpha value is -3.63. The molecule has 2 heterocycles. The molecule has 0 saturated heterocycles. The lowest BCUT2D eigenvalue weighted by Crippen LogP contribution is -1.86. The fourth-order valence-electron chi connectivity index (χ4n) is 2.80. The first kappa shape index (κ1) is 21.7. The van der Waals surface area contributed by atoms with E-state index in [4.69, 9.17) is 10.5 Å². The number of nitriles is 2. The Labute approximate surface area is 178 Å². The fraction of sp³-hybridized carbons (Fsp3) is 0.0909. The average Bonchev–Trinajstić information content (AvgIpc) is 2.70. The van der Waals surface area contributed by atoms with E-state index < -0.39 is 0 Å². The maximum atomic E-state index is 9.54. The lowest BCUT2D eigenvalue weighted by Gasteiger charge is -2.02. The molecule has 29 heavy (non-hydrogen) atoms. The minimum absolute atomic E-state index is 0. The average molecular weight is 398 g/mol. The Morgan fingerprint density at radius 3 is 1.38 bits per heavy atom. The number of phenolic OH excluding ortho intramolecular Hbond substituents is 2. The van der Waals surface area contributed by atoms with Crippen LogP contribution in [0.5, 0.6) is 11.5 Å². The van der Waals surface area contributed by atoms with E-state index in [1.54, 1.807) is 24.3 Å². The molecule has 0 atom stereocenters. The number of fused-ring (bicyclic) bond motifs is 2. The molecule has 7 heteroatoms. The molecule has 142 valence electrons. The molecule has 0 aliphatic rings. The Kier molecular flexibility index (Phi) is 6.76. The standard InChI is InChI=1S/2C11H8N2O.Al.3H/c2*1-7-2-4-9-8(6-12)3-5-10(14)11(9)13-7;;;;/h2*2-5,14H,1H3;;;;. The third kappa shape index (κ3) is 4.45. The van der Waals surface area contributed by atoms with E-state index in [9.17, 15) is 10.2 Å². The Bertz CT molecular complexity index is 1190. The number of pyridine rings is 2. The van der Waals surface area contributed by atoms with E-state index in [1.807, 2.05) is 26.0 Å². The summed E-state index contributed by atoms with van der Waals surface area (Å²) in [7, 11) is 0. The molecule has 0 aliphatic carbocycles. The van der Waals surface area contributed by atoms with Crippen LogP contribution in [0.15, 0.2) is 48.5 Å². The van der Waals surface area contributed by atoms with Gasteiger partial charge in [0.05, 0.1) is 23.3 Å². The third-order valence-electron chi connectivity index (χ3n) is 4.19. The zero-order valence-corrected chi connectivity index (χ0v) is 15.3. The van der Waals surface area contributed by atoms with Crippen molar-refractivity contribution in [2.75, 3.05) is 0 Å². The zero-order chi connectivity index (χ0) is 20.3. The van der Waals surface area contributed by atoms with Crippen molar-refractivity contribution in [3.05, 3.63) is 71.0 Å². The summed E-state index contributed by atoms with van der Waals surface area (Å²) in [5, 5.41) is 38.1. The number of nitrogens with zero attached hydrogens (tertiary/aromatic N) is 4. The predicted molar refractivity (Wildman–Crippen MR) is 116 cm³/mol. The highest BCUT2D eigenvalue weighted by Crippen LogP contribution is 2.26. The smallest absolute Gasteiger partial charge is 0.187 e. The molecule has 6 nitrogen and oxygen atoms in total. The second-order valence-electron chi connectivity index (χ2n) is 6.19. The topological polar surface area (TPSA) is 114 Å². The largest absolute Gasteiger partial charge is 0.506 e. The summed E-state index contributed by atoms with van der Waals surface area (Å²) < 4.78 is 0. The van der Waals surface area contributed by atoms with Gasteiger partial charge in [-0.2, -0.15) is 10.5 Å². The second kappa shape index (κ2) is 9.04. The van der Waals surface area contributed by atoms with E-state index in [1.165, 1.54) is 12.1 Å².